The largest absolute Gasteiger partial charge is 0.396 e. The summed E-state index contributed by atoms with van der Waals surface area (Å²) < 4.78 is -0.704. The Morgan fingerprint density at radius 3 is 1.78 bits per heavy atom. The normalized spacial score (nSPS) is 15.7. The average molecular weight is 246 g/mol. The van der Waals surface area contributed by atoms with Crippen LogP contribution < -0.4 is 0 Å². The minimum absolute atomic E-state index is 0.201. The highest BCUT2D eigenvalue weighted by Crippen LogP contribution is 2.24. The molecule has 3 nitrogen and oxygen atoms in total. The topological polar surface area (TPSA) is 60.7 Å². The third-order valence-electron chi connectivity index (χ3n) is 1.30. The lowest BCUT2D eigenvalue weighted by Gasteiger charge is -2.25. The van der Waals surface area contributed by atoms with Gasteiger partial charge in [0.2, 0.25) is 0 Å². The van der Waals surface area contributed by atoms with E-state index in [-0.39, 0.29) is 13.2 Å². The van der Waals surface area contributed by atoms with E-state index in [2.05, 4.69) is 0 Å². The van der Waals surface area contributed by atoms with Gasteiger partial charge in [0.15, 0.2) is 0 Å². The van der Waals surface area contributed by atoms with Crippen molar-refractivity contribution >= 4 is 22.6 Å². The van der Waals surface area contributed by atoms with Crippen LogP contribution in [0.1, 0.15) is 6.92 Å². The van der Waals surface area contributed by atoms with Crippen LogP contribution in [0.4, 0.5) is 0 Å². The van der Waals surface area contributed by atoms with Crippen LogP contribution in [0.15, 0.2) is 0 Å². The van der Waals surface area contributed by atoms with Gasteiger partial charge in [-0.25, -0.2) is 0 Å². The van der Waals surface area contributed by atoms with Crippen LogP contribution in [0.3, 0.4) is 0 Å². The van der Waals surface area contributed by atoms with Crippen LogP contribution in [-0.2, 0) is 0 Å². The zero-order valence-electron chi connectivity index (χ0n) is 5.21. The summed E-state index contributed by atoms with van der Waals surface area (Å²) in [5.74, 6) is 0. The van der Waals surface area contributed by atoms with Gasteiger partial charge in [-0.1, -0.05) is 29.5 Å². The zero-order chi connectivity index (χ0) is 7.49. The van der Waals surface area contributed by atoms with Crippen LogP contribution in [0.5, 0.6) is 0 Å². The van der Waals surface area contributed by atoms with Crippen molar-refractivity contribution in [3.63, 3.8) is 0 Å². The third-order valence-corrected chi connectivity index (χ3v) is 2.80. The van der Waals surface area contributed by atoms with Crippen molar-refractivity contribution in [3.05, 3.63) is 0 Å². The molecule has 56 valence electrons. The van der Waals surface area contributed by atoms with Crippen molar-refractivity contribution in [1.82, 2.24) is 0 Å². The number of hydrogen-bond acceptors (Lipinski definition) is 3. The second kappa shape index (κ2) is 3.70. The number of rotatable bonds is 3. The Morgan fingerprint density at radius 1 is 1.44 bits per heavy atom. The zero-order valence-corrected chi connectivity index (χ0v) is 7.37. The van der Waals surface area contributed by atoms with E-state index in [0.29, 0.717) is 0 Å². The Bertz CT molecular complexity index is 80.3. The number of aliphatic hydroxyl groups is 3. The molecule has 0 spiro atoms. The van der Waals surface area contributed by atoms with Crippen molar-refractivity contribution in [2.45, 2.75) is 11.0 Å². The van der Waals surface area contributed by atoms with Crippen molar-refractivity contribution in [2.24, 2.45) is 5.41 Å². The van der Waals surface area contributed by atoms with E-state index in [9.17, 15) is 0 Å². The predicted octanol–water partition coefficient (Wildman–Crippen LogP) is -0.269. The summed E-state index contributed by atoms with van der Waals surface area (Å²) >= 11 is 1.76. The van der Waals surface area contributed by atoms with E-state index in [1.54, 1.807) is 29.5 Å². The molecule has 0 aromatic heterocycles. The summed E-state index contributed by atoms with van der Waals surface area (Å²) in [6.07, 6.45) is 0. The molecule has 0 amide bonds. The molecule has 3 N–H and O–H groups in total. The molecule has 4 heteroatoms. The number of halogens is 1. The van der Waals surface area contributed by atoms with Gasteiger partial charge in [0.25, 0.3) is 0 Å². The Kier molecular flexibility index (Phi) is 3.95. The molecule has 0 aromatic rings. The minimum Gasteiger partial charge on any atom is -0.396 e. The molecule has 1 atom stereocenters. The third kappa shape index (κ3) is 2.37. The second-order valence-corrected chi connectivity index (χ2v) is 3.49. The van der Waals surface area contributed by atoms with Crippen molar-refractivity contribution in [3.8, 4) is 0 Å². The Labute approximate surface area is 67.8 Å². The molecular weight excluding hydrogens is 235 g/mol. The molecule has 0 radical (unpaired) electrons. The lowest BCUT2D eigenvalue weighted by atomic mass is 9.95. The van der Waals surface area contributed by atoms with E-state index in [0.717, 1.165) is 0 Å². The average Bonchev–Trinajstić information content (AvgIpc) is 1.86. The van der Waals surface area contributed by atoms with Gasteiger partial charge in [0, 0.05) is 5.41 Å². The number of aliphatic hydroxyl groups excluding tert-OH is 3. The van der Waals surface area contributed by atoms with E-state index in [1.165, 1.54) is 0 Å². The van der Waals surface area contributed by atoms with E-state index in [1.807, 2.05) is 0 Å². The highest BCUT2D eigenvalue weighted by molar-refractivity contribution is 14.1. The fraction of sp³-hybridized carbons (Fsp3) is 1.00. The Hall–Kier alpha value is 0.610. The molecule has 0 heterocycles. The summed E-state index contributed by atoms with van der Waals surface area (Å²) in [6, 6.07) is 0. The van der Waals surface area contributed by atoms with Gasteiger partial charge in [-0.05, 0) is 0 Å². The first-order chi connectivity index (χ1) is 4.06. The summed E-state index contributed by atoms with van der Waals surface area (Å²) in [4.78, 5) is 0. The van der Waals surface area contributed by atoms with Crippen LogP contribution in [0, 0.1) is 5.41 Å². The van der Waals surface area contributed by atoms with Crippen molar-refractivity contribution in [2.75, 3.05) is 13.2 Å². The van der Waals surface area contributed by atoms with E-state index < -0.39 is 9.53 Å². The Morgan fingerprint density at radius 2 is 1.78 bits per heavy atom. The summed E-state index contributed by atoms with van der Waals surface area (Å²) in [5, 5.41) is 26.2. The molecule has 0 saturated heterocycles. The lowest BCUT2D eigenvalue weighted by Crippen LogP contribution is -2.35. The highest BCUT2D eigenvalue weighted by Gasteiger charge is 2.29. The van der Waals surface area contributed by atoms with Gasteiger partial charge in [0.1, 0.15) is 4.11 Å². The van der Waals surface area contributed by atoms with Gasteiger partial charge in [0.05, 0.1) is 13.2 Å². The van der Waals surface area contributed by atoms with Gasteiger partial charge >= 0.3 is 0 Å². The fourth-order valence-electron chi connectivity index (χ4n) is 0.201. The van der Waals surface area contributed by atoms with Gasteiger partial charge in [-0.2, -0.15) is 0 Å². The predicted molar refractivity (Wildman–Crippen MR) is 42.3 cm³/mol. The fourth-order valence-corrected chi connectivity index (χ4v) is 0.595. The maximum Gasteiger partial charge on any atom is 0.115 e. The van der Waals surface area contributed by atoms with Crippen LogP contribution in [-0.4, -0.2) is 32.6 Å². The van der Waals surface area contributed by atoms with E-state index in [4.69, 9.17) is 15.3 Å². The number of alkyl halides is 1. The number of hydrogen-bond donors (Lipinski definition) is 3. The second-order valence-electron chi connectivity index (χ2n) is 2.31. The molecule has 0 aliphatic heterocycles. The molecule has 0 bridgehead atoms. The molecule has 0 fully saturated rings. The summed E-state index contributed by atoms with van der Waals surface area (Å²) in [7, 11) is 0. The lowest BCUT2D eigenvalue weighted by molar-refractivity contribution is 0.0105. The molecule has 0 rings (SSSR count). The van der Waals surface area contributed by atoms with Crippen LogP contribution >= 0.6 is 22.6 Å². The first kappa shape index (κ1) is 9.61. The molecule has 1 unspecified atom stereocenters. The summed E-state index contributed by atoms with van der Waals surface area (Å²) in [6.45, 7) is 1.21. The molecule has 0 saturated carbocycles. The van der Waals surface area contributed by atoms with Gasteiger partial charge < -0.3 is 15.3 Å². The van der Waals surface area contributed by atoms with Gasteiger partial charge in [-0.15, -0.1) is 0 Å². The van der Waals surface area contributed by atoms with Crippen LogP contribution in [0.2, 0.25) is 0 Å². The maximum absolute atomic E-state index is 8.94. The molecule has 0 aliphatic rings. The van der Waals surface area contributed by atoms with Crippen molar-refractivity contribution < 1.29 is 15.3 Å². The molecule has 0 aromatic carbocycles. The monoisotopic (exact) mass is 246 g/mol. The Balaban J connectivity index is 3.92. The first-order valence-electron chi connectivity index (χ1n) is 2.60. The standard InChI is InChI=1S/C5H11IO3/c1-5(2-7,3-8)4(6)9/h4,7-9H,2-3H2,1H3. The molecule has 9 heavy (non-hydrogen) atoms. The van der Waals surface area contributed by atoms with Crippen LogP contribution in [0.25, 0.3) is 0 Å². The smallest absolute Gasteiger partial charge is 0.115 e. The minimum atomic E-state index is -0.763. The quantitative estimate of drug-likeness (QED) is 0.474. The van der Waals surface area contributed by atoms with E-state index >= 15 is 0 Å². The SMILES string of the molecule is CC(CO)(CO)C(O)I. The first-order valence-corrected chi connectivity index (χ1v) is 3.85. The van der Waals surface area contributed by atoms with Gasteiger partial charge in [-0.3, -0.25) is 0 Å². The summed E-state index contributed by atoms with van der Waals surface area (Å²) in [5.41, 5.74) is -0.763. The maximum atomic E-state index is 8.94. The molecular formula is C5H11IO3. The molecule has 0 aliphatic carbocycles. The van der Waals surface area contributed by atoms with Crippen molar-refractivity contribution in [1.29, 1.82) is 0 Å². The highest BCUT2D eigenvalue weighted by atomic mass is 127.